The number of carbonyl (C=O) groups excluding carboxylic acids is 1. The molecule has 0 spiro atoms. The lowest BCUT2D eigenvalue weighted by Crippen LogP contribution is -2.44. The lowest BCUT2D eigenvalue weighted by atomic mass is 9.89. The van der Waals surface area contributed by atoms with E-state index in [0.29, 0.717) is 13.2 Å². The summed E-state index contributed by atoms with van der Waals surface area (Å²) < 4.78 is 5.64. The van der Waals surface area contributed by atoms with E-state index in [-0.39, 0.29) is 18.6 Å². The van der Waals surface area contributed by atoms with Crippen molar-refractivity contribution in [2.45, 2.75) is 45.2 Å². The van der Waals surface area contributed by atoms with Gasteiger partial charge in [-0.2, -0.15) is 0 Å². The highest BCUT2D eigenvalue weighted by Crippen LogP contribution is 2.35. The highest BCUT2D eigenvalue weighted by molar-refractivity contribution is 5.79. The molecular weight excluding hydrogens is 336 g/mol. The summed E-state index contributed by atoms with van der Waals surface area (Å²) >= 11 is 0. The standard InChI is InChI=1S/C23H26N2O2/c1-17-7-9-18(10-8-17)14-25-22(15-27-16-23(25)26)21-13-24-12-11-20(21)19-5-3-2-4-6-19/h5,7-13,22H,2-4,6,14-16H2,1H3. The number of aryl methyl sites for hydroxylation is 1. The van der Waals surface area contributed by atoms with E-state index in [1.807, 2.05) is 17.3 Å². The molecule has 0 N–H and O–H groups in total. The minimum absolute atomic E-state index is 0.0410. The predicted octanol–water partition coefficient (Wildman–Crippen LogP) is 4.45. The number of hydrogen-bond acceptors (Lipinski definition) is 3. The molecule has 2 aliphatic rings. The van der Waals surface area contributed by atoms with Crippen LogP contribution in [0.4, 0.5) is 0 Å². The molecule has 4 heteroatoms. The van der Waals surface area contributed by atoms with Gasteiger partial charge in [0.1, 0.15) is 6.61 Å². The van der Waals surface area contributed by atoms with Gasteiger partial charge in [-0.15, -0.1) is 0 Å². The van der Waals surface area contributed by atoms with Crippen LogP contribution in [-0.4, -0.2) is 29.0 Å². The molecule has 1 unspecified atom stereocenters. The fourth-order valence-corrected chi connectivity index (χ4v) is 4.00. The van der Waals surface area contributed by atoms with Gasteiger partial charge in [-0.05, 0) is 55.4 Å². The number of allylic oxidation sites excluding steroid dienone is 2. The van der Waals surface area contributed by atoms with Crippen LogP contribution in [0.1, 0.15) is 54.0 Å². The van der Waals surface area contributed by atoms with Crippen LogP contribution in [-0.2, 0) is 16.1 Å². The van der Waals surface area contributed by atoms with Crippen molar-refractivity contribution in [1.29, 1.82) is 0 Å². The van der Waals surface area contributed by atoms with Gasteiger partial charge in [0.25, 0.3) is 0 Å². The average molecular weight is 362 g/mol. The maximum Gasteiger partial charge on any atom is 0.249 e. The van der Waals surface area contributed by atoms with Crippen molar-refractivity contribution in [3.8, 4) is 0 Å². The smallest absolute Gasteiger partial charge is 0.249 e. The first-order valence-corrected chi connectivity index (χ1v) is 9.78. The molecule has 0 radical (unpaired) electrons. The highest BCUT2D eigenvalue weighted by Gasteiger charge is 2.32. The molecule has 0 saturated carbocycles. The molecule has 2 heterocycles. The molecule has 27 heavy (non-hydrogen) atoms. The SMILES string of the molecule is Cc1ccc(CN2C(=O)COCC2c2cnccc2C2=CCCCC2)cc1. The lowest BCUT2D eigenvalue weighted by molar-refractivity contribution is -0.149. The van der Waals surface area contributed by atoms with Crippen LogP contribution in [0.25, 0.3) is 5.57 Å². The van der Waals surface area contributed by atoms with E-state index in [1.54, 1.807) is 0 Å². The van der Waals surface area contributed by atoms with E-state index >= 15 is 0 Å². The number of pyridine rings is 1. The van der Waals surface area contributed by atoms with Crippen LogP contribution >= 0.6 is 0 Å². The largest absolute Gasteiger partial charge is 0.369 e. The van der Waals surface area contributed by atoms with Gasteiger partial charge < -0.3 is 9.64 Å². The van der Waals surface area contributed by atoms with Crippen LogP contribution in [0.3, 0.4) is 0 Å². The molecule has 4 rings (SSSR count). The maximum atomic E-state index is 12.7. The monoisotopic (exact) mass is 362 g/mol. The number of hydrogen-bond donors (Lipinski definition) is 0. The van der Waals surface area contributed by atoms with E-state index in [9.17, 15) is 4.79 Å². The third-order valence-corrected chi connectivity index (χ3v) is 5.52. The van der Waals surface area contributed by atoms with Gasteiger partial charge in [0.05, 0.1) is 12.6 Å². The zero-order valence-corrected chi connectivity index (χ0v) is 15.9. The molecule has 1 atom stereocenters. The Morgan fingerprint density at radius 1 is 1.19 bits per heavy atom. The molecule has 1 amide bonds. The summed E-state index contributed by atoms with van der Waals surface area (Å²) in [5, 5.41) is 0. The topological polar surface area (TPSA) is 42.4 Å². The number of morpholine rings is 1. The number of carbonyl (C=O) groups is 1. The zero-order valence-electron chi connectivity index (χ0n) is 15.9. The number of aromatic nitrogens is 1. The molecule has 1 aromatic carbocycles. The Hall–Kier alpha value is -2.46. The number of rotatable bonds is 4. The summed E-state index contributed by atoms with van der Waals surface area (Å²) in [5.74, 6) is 0.0410. The van der Waals surface area contributed by atoms with Gasteiger partial charge in [0.2, 0.25) is 5.91 Å². The van der Waals surface area contributed by atoms with Crippen LogP contribution < -0.4 is 0 Å². The van der Waals surface area contributed by atoms with Gasteiger partial charge in [-0.3, -0.25) is 9.78 Å². The van der Waals surface area contributed by atoms with Gasteiger partial charge in [0.15, 0.2) is 0 Å². The third kappa shape index (κ3) is 3.96. The minimum atomic E-state index is -0.0981. The first kappa shape index (κ1) is 17.9. The molecule has 140 valence electrons. The molecule has 0 bridgehead atoms. The zero-order chi connectivity index (χ0) is 18.6. The van der Waals surface area contributed by atoms with Crippen molar-refractivity contribution in [1.82, 2.24) is 9.88 Å². The van der Waals surface area contributed by atoms with Crippen LogP contribution in [0.5, 0.6) is 0 Å². The van der Waals surface area contributed by atoms with Gasteiger partial charge in [-0.25, -0.2) is 0 Å². The molecule has 1 aliphatic carbocycles. The number of benzene rings is 1. The van der Waals surface area contributed by atoms with Crippen LogP contribution in [0.2, 0.25) is 0 Å². The number of nitrogens with zero attached hydrogens (tertiary/aromatic N) is 2. The normalized spacial score (nSPS) is 20.5. The summed E-state index contributed by atoms with van der Waals surface area (Å²) in [6.45, 7) is 3.34. The summed E-state index contributed by atoms with van der Waals surface area (Å²) in [7, 11) is 0. The van der Waals surface area contributed by atoms with Crippen molar-refractivity contribution < 1.29 is 9.53 Å². The highest BCUT2D eigenvalue weighted by atomic mass is 16.5. The van der Waals surface area contributed by atoms with E-state index in [0.717, 1.165) is 24.0 Å². The Bertz CT molecular complexity index is 842. The first-order chi connectivity index (χ1) is 13.2. The van der Waals surface area contributed by atoms with Crippen molar-refractivity contribution in [2.24, 2.45) is 0 Å². The summed E-state index contributed by atoms with van der Waals surface area (Å²) in [6, 6.07) is 10.4. The number of ether oxygens (including phenoxy) is 1. The molecule has 1 fully saturated rings. The molecule has 2 aromatic rings. The second-order valence-electron chi connectivity index (χ2n) is 7.48. The molecule has 1 aromatic heterocycles. The fourth-order valence-electron chi connectivity index (χ4n) is 4.00. The van der Waals surface area contributed by atoms with Crippen LogP contribution in [0.15, 0.2) is 48.8 Å². The Labute approximate surface area is 160 Å². The van der Waals surface area contributed by atoms with Gasteiger partial charge in [0, 0.05) is 24.5 Å². The Morgan fingerprint density at radius 3 is 2.81 bits per heavy atom. The van der Waals surface area contributed by atoms with Crippen molar-refractivity contribution in [2.75, 3.05) is 13.2 Å². The van der Waals surface area contributed by atoms with E-state index < -0.39 is 0 Å². The molecule has 4 nitrogen and oxygen atoms in total. The second-order valence-corrected chi connectivity index (χ2v) is 7.48. The summed E-state index contributed by atoms with van der Waals surface area (Å²) in [5.41, 5.74) is 6.07. The van der Waals surface area contributed by atoms with E-state index in [1.165, 1.54) is 29.5 Å². The van der Waals surface area contributed by atoms with Crippen molar-refractivity contribution >= 4 is 11.5 Å². The third-order valence-electron chi connectivity index (χ3n) is 5.52. The molecule has 1 saturated heterocycles. The number of amides is 1. The average Bonchev–Trinajstić information content (AvgIpc) is 2.72. The van der Waals surface area contributed by atoms with Gasteiger partial charge >= 0.3 is 0 Å². The molecule has 1 aliphatic heterocycles. The van der Waals surface area contributed by atoms with Crippen molar-refractivity contribution in [3.63, 3.8) is 0 Å². The summed E-state index contributed by atoms with van der Waals surface area (Å²) in [4.78, 5) is 19.0. The lowest BCUT2D eigenvalue weighted by Gasteiger charge is -2.37. The quantitative estimate of drug-likeness (QED) is 0.807. The van der Waals surface area contributed by atoms with Crippen LogP contribution in [0, 0.1) is 6.92 Å². The molecular formula is C23H26N2O2. The Morgan fingerprint density at radius 2 is 2.04 bits per heavy atom. The van der Waals surface area contributed by atoms with E-state index in [4.69, 9.17) is 4.74 Å². The first-order valence-electron chi connectivity index (χ1n) is 9.78. The fraction of sp³-hybridized carbons (Fsp3) is 0.391. The second kappa shape index (κ2) is 8.05. The Balaban J connectivity index is 1.67. The van der Waals surface area contributed by atoms with E-state index in [2.05, 4.69) is 48.3 Å². The predicted molar refractivity (Wildman–Crippen MR) is 106 cm³/mol. The Kier molecular flexibility index (Phi) is 5.35. The summed E-state index contributed by atoms with van der Waals surface area (Å²) in [6.07, 6.45) is 10.8. The minimum Gasteiger partial charge on any atom is -0.369 e. The maximum absolute atomic E-state index is 12.7. The van der Waals surface area contributed by atoms with Crippen molar-refractivity contribution in [3.05, 3.63) is 71.1 Å². The van der Waals surface area contributed by atoms with Gasteiger partial charge in [-0.1, -0.05) is 35.9 Å².